The molecule has 1 aliphatic heterocycles. The molecule has 1 saturated heterocycles. The molecule has 2 aliphatic rings. The molecule has 110 valence electrons. The maximum atomic E-state index is 11.4. The van der Waals surface area contributed by atoms with Crippen molar-refractivity contribution in [2.24, 2.45) is 5.92 Å². The fourth-order valence-electron chi connectivity index (χ4n) is 3.21. The summed E-state index contributed by atoms with van der Waals surface area (Å²) in [7, 11) is -2.75. The molecular weight excluding hydrogens is 294 g/mol. The van der Waals surface area contributed by atoms with E-state index in [1.807, 2.05) is 18.2 Å². The van der Waals surface area contributed by atoms with Crippen molar-refractivity contribution >= 4 is 21.4 Å². The molecule has 3 nitrogen and oxygen atoms in total. The van der Waals surface area contributed by atoms with E-state index in [-0.39, 0.29) is 0 Å². The Balaban J connectivity index is 1.44. The van der Waals surface area contributed by atoms with Gasteiger partial charge in [0.05, 0.1) is 11.5 Å². The van der Waals surface area contributed by atoms with Gasteiger partial charge in [0, 0.05) is 11.1 Å². The molecule has 0 spiro atoms. The molecule has 1 aliphatic carbocycles. The number of hydrogen-bond acceptors (Lipinski definition) is 3. The van der Waals surface area contributed by atoms with Gasteiger partial charge in [-0.2, -0.15) is 0 Å². The Morgan fingerprint density at radius 3 is 2.65 bits per heavy atom. The first-order valence-corrected chi connectivity index (χ1v) is 9.41. The van der Waals surface area contributed by atoms with Gasteiger partial charge < -0.3 is 5.32 Å². The zero-order valence-corrected chi connectivity index (χ0v) is 13.0. The van der Waals surface area contributed by atoms with E-state index in [1.54, 1.807) is 0 Å². The highest BCUT2D eigenvalue weighted by molar-refractivity contribution is 7.91. The second kappa shape index (κ2) is 5.66. The second-order valence-corrected chi connectivity index (χ2v) is 8.70. The van der Waals surface area contributed by atoms with E-state index in [9.17, 15) is 8.42 Å². The Hall–Kier alpha value is -0.580. The van der Waals surface area contributed by atoms with Gasteiger partial charge in [0.25, 0.3) is 0 Å². The summed E-state index contributed by atoms with van der Waals surface area (Å²) in [5.74, 6) is 1.58. The van der Waals surface area contributed by atoms with Crippen LogP contribution in [0.2, 0.25) is 5.02 Å². The molecule has 0 radical (unpaired) electrons. The Labute approximate surface area is 125 Å². The summed E-state index contributed by atoms with van der Waals surface area (Å²) in [6.07, 6.45) is 3.02. The average molecular weight is 314 g/mol. The molecule has 20 heavy (non-hydrogen) atoms. The predicted molar refractivity (Wildman–Crippen MR) is 82.0 cm³/mol. The molecule has 0 bridgehead atoms. The van der Waals surface area contributed by atoms with Crippen molar-refractivity contribution < 1.29 is 8.42 Å². The van der Waals surface area contributed by atoms with Crippen LogP contribution in [0.25, 0.3) is 0 Å². The minimum Gasteiger partial charge on any atom is -0.314 e. The summed E-state index contributed by atoms with van der Waals surface area (Å²) in [4.78, 5) is 0. The third kappa shape index (κ3) is 3.18. The first kappa shape index (κ1) is 14.4. The van der Waals surface area contributed by atoms with Crippen molar-refractivity contribution in [2.45, 2.75) is 31.2 Å². The van der Waals surface area contributed by atoms with Crippen molar-refractivity contribution in [3.05, 3.63) is 34.9 Å². The molecular formula is C15H20ClNO2S. The third-order valence-electron chi connectivity index (χ3n) is 4.51. The first-order chi connectivity index (χ1) is 9.53. The summed E-state index contributed by atoms with van der Waals surface area (Å²) >= 11 is 6.20. The Morgan fingerprint density at radius 1 is 1.25 bits per heavy atom. The number of nitrogens with one attached hydrogen (secondary N) is 1. The van der Waals surface area contributed by atoms with Crippen LogP contribution < -0.4 is 5.32 Å². The van der Waals surface area contributed by atoms with Crippen LogP contribution in [0.1, 0.15) is 30.7 Å². The largest absolute Gasteiger partial charge is 0.314 e. The number of rotatable bonds is 4. The number of benzene rings is 1. The lowest BCUT2D eigenvalue weighted by atomic mass is 9.75. The fourth-order valence-corrected chi connectivity index (χ4v) is 5.36. The van der Waals surface area contributed by atoms with E-state index < -0.39 is 9.84 Å². The zero-order valence-electron chi connectivity index (χ0n) is 11.4. The van der Waals surface area contributed by atoms with Gasteiger partial charge >= 0.3 is 0 Å². The van der Waals surface area contributed by atoms with Crippen molar-refractivity contribution in [1.82, 2.24) is 5.32 Å². The minimum absolute atomic E-state index is 0.305. The molecule has 1 aromatic carbocycles. The van der Waals surface area contributed by atoms with Gasteiger partial charge in [-0.3, -0.25) is 0 Å². The van der Waals surface area contributed by atoms with Crippen molar-refractivity contribution in [3.63, 3.8) is 0 Å². The molecule has 1 unspecified atom stereocenters. The summed E-state index contributed by atoms with van der Waals surface area (Å²) in [5.41, 5.74) is 1.25. The molecule has 0 aromatic heterocycles. The average Bonchev–Trinajstić information content (AvgIpc) is 2.69. The highest BCUT2D eigenvalue weighted by Crippen LogP contribution is 2.40. The van der Waals surface area contributed by atoms with Crippen molar-refractivity contribution in [2.75, 3.05) is 18.1 Å². The van der Waals surface area contributed by atoms with Crippen molar-refractivity contribution in [1.29, 1.82) is 0 Å². The van der Waals surface area contributed by atoms with Gasteiger partial charge in [0.2, 0.25) is 0 Å². The van der Waals surface area contributed by atoms with Gasteiger partial charge in [0.1, 0.15) is 0 Å². The van der Waals surface area contributed by atoms with Crippen LogP contribution in [0.3, 0.4) is 0 Å². The van der Waals surface area contributed by atoms with Crippen LogP contribution in [-0.4, -0.2) is 32.5 Å². The van der Waals surface area contributed by atoms with Gasteiger partial charge in [-0.25, -0.2) is 8.42 Å². The molecule has 0 amide bonds. The van der Waals surface area contributed by atoms with Crippen LogP contribution in [0.4, 0.5) is 0 Å². The monoisotopic (exact) mass is 313 g/mol. The maximum Gasteiger partial charge on any atom is 0.150 e. The molecule has 1 N–H and O–H groups in total. The van der Waals surface area contributed by atoms with Gasteiger partial charge in [-0.1, -0.05) is 29.8 Å². The van der Waals surface area contributed by atoms with E-state index in [4.69, 9.17) is 11.6 Å². The van der Waals surface area contributed by atoms with Crippen LogP contribution >= 0.6 is 11.6 Å². The molecule has 1 aromatic rings. The van der Waals surface area contributed by atoms with E-state index >= 15 is 0 Å². The molecule has 1 heterocycles. The van der Waals surface area contributed by atoms with Gasteiger partial charge in [-0.15, -0.1) is 0 Å². The van der Waals surface area contributed by atoms with E-state index in [0.29, 0.717) is 29.4 Å². The topological polar surface area (TPSA) is 46.2 Å². The van der Waals surface area contributed by atoms with E-state index in [1.165, 1.54) is 5.56 Å². The summed E-state index contributed by atoms with van der Waals surface area (Å²) in [6.45, 7) is 0.832. The Kier molecular flexibility index (Phi) is 4.07. The van der Waals surface area contributed by atoms with Crippen LogP contribution in [0.5, 0.6) is 0 Å². The number of halogens is 1. The highest BCUT2D eigenvalue weighted by Gasteiger charge is 2.33. The van der Waals surface area contributed by atoms with Gasteiger partial charge in [-0.05, 0) is 49.3 Å². The summed E-state index contributed by atoms with van der Waals surface area (Å²) < 4.78 is 22.8. The fraction of sp³-hybridized carbons (Fsp3) is 0.600. The lowest BCUT2D eigenvalue weighted by molar-refractivity contribution is 0.279. The minimum atomic E-state index is -2.75. The summed E-state index contributed by atoms with van der Waals surface area (Å²) in [6, 6.07) is 8.56. The molecule has 1 saturated carbocycles. The second-order valence-electron chi connectivity index (χ2n) is 6.06. The standard InChI is InChI=1S/C15H20ClNO2S/c16-15-4-2-1-3-14(15)12-7-13(8-12)17-9-11-5-6-20(18,19)10-11/h1-4,11-13,17H,5-10H2. The molecule has 5 heteroatoms. The SMILES string of the molecule is O=S1(=O)CCC(CNC2CC(c3ccccc3Cl)C2)C1. The van der Waals surface area contributed by atoms with E-state index in [0.717, 1.165) is 30.8 Å². The first-order valence-electron chi connectivity index (χ1n) is 7.22. The Morgan fingerprint density at radius 2 is 2.00 bits per heavy atom. The quantitative estimate of drug-likeness (QED) is 0.929. The molecule has 2 fully saturated rings. The van der Waals surface area contributed by atoms with Crippen LogP contribution in [0.15, 0.2) is 24.3 Å². The normalized spacial score (nSPS) is 31.9. The lowest BCUT2D eigenvalue weighted by Gasteiger charge is -2.37. The lowest BCUT2D eigenvalue weighted by Crippen LogP contribution is -2.42. The maximum absolute atomic E-state index is 11.4. The van der Waals surface area contributed by atoms with Crippen LogP contribution in [-0.2, 0) is 9.84 Å². The zero-order chi connectivity index (χ0) is 14.2. The van der Waals surface area contributed by atoms with E-state index in [2.05, 4.69) is 11.4 Å². The number of sulfone groups is 1. The Bertz CT molecular complexity index is 581. The van der Waals surface area contributed by atoms with Crippen molar-refractivity contribution in [3.8, 4) is 0 Å². The smallest absolute Gasteiger partial charge is 0.150 e. The summed E-state index contributed by atoms with van der Waals surface area (Å²) in [5, 5.41) is 4.37. The van der Waals surface area contributed by atoms with Gasteiger partial charge in [0.15, 0.2) is 9.84 Å². The third-order valence-corrected chi connectivity index (χ3v) is 6.69. The highest BCUT2D eigenvalue weighted by atomic mass is 35.5. The molecule has 3 rings (SSSR count). The van der Waals surface area contributed by atoms with Crippen LogP contribution in [0, 0.1) is 5.92 Å². The predicted octanol–water partition coefficient (Wildman–Crippen LogP) is 2.61. The molecule has 1 atom stereocenters. The number of hydrogen-bond donors (Lipinski definition) is 1.